The third-order valence-corrected chi connectivity index (χ3v) is 4.50. The summed E-state index contributed by atoms with van der Waals surface area (Å²) in [6.07, 6.45) is 1.99. The molecule has 0 unspecified atom stereocenters. The smallest absolute Gasteiger partial charge is 0.251 e. The minimum atomic E-state index is -0.135. The number of hydrogen-bond acceptors (Lipinski definition) is 5. The lowest BCUT2D eigenvalue weighted by atomic mass is 10.2. The zero-order valence-electron chi connectivity index (χ0n) is 13.2. The summed E-state index contributed by atoms with van der Waals surface area (Å²) in [5.41, 5.74) is 7.11. The Morgan fingerprint density at radius 3 is 2.91 bits per heavy atom. The molecule has 120 valence electrons. The van der Waals surface area contributed by atoms with Crippen molar-refractivity contribution in [3.05, 3.63) is 34.7 Å². The monoisotopic (exact) mass is 329 g/mol. The first kappa shape index (κ1) is 15.5. The van der Waals surface area contributed by atoms with Crippen LogP contribution in [0.1, 0.15) is 35.0 Å². The van der Waals surface area contributed by atoms with Gasteiger partial charge in [0.15, 0.2) is 11.5 Å². The van der Waals surface area contributed by atoms with Crippen LogP contribution in [0.2, 0.25) is 0 Å². The molecule has 0 bridgehead atoms. The number of anilines is 1. The van der Waals surface area contributed by atoms with Crippen LogP contribution in [0.4, 0.5) is 5.82 Å². The summed E-state index contributed by atoms with van der Waals surface area (Å²) in [6, 6.07) is 7.37. The third-order valence-electron chi connectivity index (χ3n) is 3.50. The van der Waals surface area contributed by atoms with Crippen LogP contribution in [-0.2, 0) is 0 Å². The molecule has 0 aliphatic rings. The van der Waals surface area contributed by atoms with Crippen LogP contribution < -0.4 is 11.1 Å². The van der Waals surface area contributed by atoms with Crippen LogP contribution in [0, 0.1) is 6.92 Å². The lowest BCUT2D eigenvalue weighted by Gasteiger charge is -2.05. The summed E-state index contributed by atoms with van der Waals surface area (Å²) < 4.78 is 1.56. The zero-order chi connectivity index (χ0) is 16.4. The molecule has 3 aromatic heterocycles. The predicted octanol–water partition coefficient (Wildman–Crippen LogP) is 2.88. The quantitative estimate of drug-likeness (QED) is 0.705. The Morgan fingerprint density at radius 2 is 2.22 bits per heavy atom. The number of nitrogens with one attached hydrogen (secondary N) is 1. The number of unbranched alkanes of at least 4 members (excludes halogenated alkanes) is 1. The number of carbonyl (C=O) groups excluding carboxylic acids is 1. The average molecular weight is 329 g/mol. The fraction of sp³-hybridized carbons (Fsp3) is 0.312. The molecule has 6 nitrogen and oxygen atoms in total. The molecule has 3 aromatic rings. The highest BCUT2D eigenvalue weighted by atomic mass is 32.1. The number of pyridine rings is 1. The second-order valence-electron chi connectivity index (χ2n) is 5.39. The second kappa shape index (κ2) is 6.37. The van der Waals surface area contributed by atoms with E-state index in [2.05, 4.69) is 22.3 Å². The molecule has 0 radical (unpaired) electrons. The number of nitrogens with two attached hydrogens (primary N) is 1. The van der Waals surface area contributed by atoms with Crippen molar-refractivity contribution in [3.63, 3.8) is 0 Å². The van der Waals surface area contributed by atoms with E-state index in [1.54, 1.807) is 28.0 Å². The fourth-order valence-electron chi connectivity index (χ4n) is 2.28. The van der Waals surface area contributed by atoms with Crippen LogP contribution in [-0.4, -0.2) is 27.0 Å². The van der Waals surface area contributed by atoms with Crippen LogP contribution in [0.5, 0.6) is 0 Å². The van der Waals surface area contributed by atoms with Crippen molar-refractivity contribution in [2.75, 3.05) is 12.3 Å². The lowest BCUT2D eigenvalue weighted by molar-refractivity contribution is 0.0953. The number of aryl methyl sites for hydroxylation is 1. The molecule has 3 N–H and O–H groups in total. The number of hydrogen-bond donors (Lipinski definition) is 2. The molecule has 0 saturated carbocycles. The molecule has 0 aromatic carbocycles. The van der Waals surface area contributed by atoms with Crippen molar-refractivity contribution in [1.29, 1.82) is 0 Å². The summed E-state index contributed by atoms with van der Waals surface area (Å²) in [5, 5.41) is 7.31. The molecule has 0 spiro atoms. The molecule has 1 amide bonds. The minimum absolute atomic E-state index is 0.135. The van der Waals surface area contributed by atoms with Gasteiger partial charge in [-0.2, -0.15) is 4.52 Å². The first-order valence-electron chi connectivity index (χ1n) is 7.60. The Hall–Kier alpha value is -2.41. The number of carbonyl (C=O) groups is 1. The van der Waals surface area contributed by atoms with E-state index in [1.807, 2.05) is 19.1 Å². The SMILES string of the molecule is CCCCNC(=O)c1cc(N)n2nc(-c3ccc(C)s3)nc2c1. The van der Waals surface area contributed by atoms with E-state index in [9.17, 15) is 4.79 Å². The van der Waals surface area contributed by atoms with Crippen molar-refractivity contribution in [2.24, 2.45) is 0 Å². The molecule has 3 heterocycles. The van der Waals surface area contributed by atoms with Gasteiger partial charge in [-0.25, -0.2) is 4.98 Å². The molecule has 0 atom stereocenters. The first-order chi connectivity index (χ1) is 11.1. The number of fused-ring (bicyclic) bond motifs is 1. The molecular formula is C16H19N5OS. The number of aromatic nitrogens is 3. The van der Waals surface area contributed by atoms with Gasteiger partial charge in [0.1, 0.15) is 5.82 Å². The van der Waals surface area contributed by atoms with Crippen molar-refractivity contribution in [2.45, 2.75) is 26.7 Å². The molecule has 0 fully saturated rings. The van der Waals surface area contributed by atoms with Crippen LogP contribution >= 0.6 is 11.3 Å². The van der Waals surface area contributed by atoms with E-state index < -0.39 is 0 Å². The van der Waals surface area contributed by atoms with Crippen LogP contribution in [0.3, 0.4) is 0 Å². The van der Waals surface area contributed by atoms with E-state index in [0.717, 1.165) is 17.7 Å². The topological polar surface area (TPSA) is 85.3 Å². The van der Waals surface area contributed by atoms with Crippen LogP contribution in [0.15, 0.2) is 24.3 Å². The van der Waals surface area contributed by atoms with Gasteiger partial charge in [-0.1, -0.05) is 13.3 Å². The molecular weight excluding hydrogens is 310 g/mol. The van der Waals surface area contributed by atoms with Crippen molar-refractivity contribution < 1.29 is 4.79 Å². The maximum absolute atomic E-state index is 12.2. The van der Waals surface area contributed by atoms with Gasteiger partial charge in [-0.15, -0.1) is 16.4 Å². The first-order valence-corrected chi connectivity index (χ1v) is 8.41. The summed E-state index contributed by atoms with van der Waals surface area (Å²) in [6.45, 7) is 4.78. The highest BCUT2D eigenvalue weighted by Gasteiger charge is 2.14. The molecule has 23 heavy (non-hydrogen) atoms. The van der Waals surface area contributed by atoms with Gasteiger partial charge in [0.05, 0.1) is 4.88 Å². The van der Waals surface area contributed by atoms with E-state index in [4.69, 9.17) is 5.73 Å². The van der Waals surface area contributed by atoms with Gasteiger partial charge in [-0.3, -0.25) is 4.79 Å². The zero-order valence-corrected chi connectivity index (χ0v) is 14.0. The van der Waals surface area contributed by atoms with Gasteiger partial charge in [0.25, 0.3) is 5.91 Å². The highest BCUT2D eigenvalue weighted by Crippen LogP contribution is 2.26. The highest BCUT2D eigenvalue weighted by molar-refractivity contribution is 7.15. The van der Waals surface area contributed by atoms with E-state index >= 15 is 0 Å². The van der Waals surface area contributed by atoms with Crippen molar-refractivity contribution in [1.82, 2.24) is 19.9 Å². The lowest BCUT2D eigenvalue weighted by Crippen LogP contribution is -2.24. The van der Waals surface area contributed by atoms with Crippen molar-refractivity contribution >= 4 is 28.7 Å². The summed E-state index contributed by atoms with van der Waals surface area (Å²) in [4.78, 5) is 18.9. The normalized spacial score (nSPS) is 11.0. The Balaban J connectivity index is 1.93. The van der Waals surface area contributed by atoms with Gasteiger partial charge < -0.3 is 11.1 Å². The van der Waals surface area contributed by atoms with Crippen LogP contribution in [0.25, 0.3) is 16.3 Å². The molecule has 0 aliphatic carbocycles. The Kier molecular flexibility index (Phi) is 4.29. The number of amides is 1. The standard InChI is InChI=1S/C16H19N5OS/c1-3-4-7-18-16(22)11-8-13(17)21-14(9-11)19-15(20-21)12-6-5-10(2)23-12/h5-6,8-9H,3-4,7,17H2,1-2H3,(H,18,22). The molecule has 0 aliphatic heterocycles. The van der Waals surface area contributed by atoms with Gasteiger partial charge in [-0.05, 0) is 37.6 Å². The van der Waals surface area contributed by atoms with E-state index in [-0.39, 0.29) is 5.91 Å². The fourth-order valence-corrected chi connectivity index (χ4v) is 3.08. The maximum Gasteiger partial charge on any atom is 0.251 e. The van der Waals surface area contributed by atoms with Gasteiger partial charge in [0.2, 0.25) is 0 Å². The third kappa shape index (κ3) is 3.19. The van der Waals surface area contributed by atoms with Crippen molar-refractivity contribution in [3.8, 4) is 10.7 Å². The molecule has 7 heteroatoms. The maximum atomic E-state index is 12.2. The Morgan fingerprint density at radius 1 is 1.39 bits per heavy atom. The number of nitrogens with zero attached hydrogens (tertiary/aromatic N) is 3. The number of thiophene rings is 1. The average Bonchev–Trinajstić information content (AvgIpc) is 3.13. The molecule has 3 rings (SSSR count). The van der Waals surface area contributed by atoms with E-state index in [0.29, 0.717) is 29.4 Å². The Bertz CT molecular complexity index is 851. The molecule has 0 saturated heterocycles. The largest absolute Gasteiger partial charge is 0.384 e. The van der Waals surface area contributed by atoms with Gasteiger partial charge in [0, 0.05) is 17.0 Å². The summed E-state index contributed by atoms with van der Waals surface area (Å²) in [5.74, 6) is 0.887. The summed E-state index contributed by atoms with van der Waals surface area (Å²) >= 11 is 1.63. The Labute approximate surface area is 138 Å². The second-order valence-corrected chi connectivity index (χ2v) is 6.68. The minimum Gasteiger partial charge on any atom is -0.384 e. The summed E-state index contributed by atoms with van der Waals surface area (Å²) in [7, 11) is 0. The van der Waals surface area contributed by atoms with Gasteiger partial charge >= 0.3 is 0 Å². The number of nitrogen functional groups attached to an aromatic ring is 1. The predicted molar refractivity (Wildman–Crippen MR) is 92.7 cm³/mol. The number of rotatable bonds is 5. The van der Waals surface area contributed by atoms with E-state index in [1.165, 1.54) is 4.88 Å².